The van der Waals surface area contributed by atoms with Gasteiger partial charge in [-0.2, -0.15) is 0 Å². The minimum Gasteiger partial charge on any atom is -0.326 e. The quantitative estimate of drug-likeness (QED) is 0.701. The fourth-order valence-corrected chi connectivity index (χ4v) is 1.71. The summed E-state index contributed by atoms with van der Waals surface area (Å²) >= 11 is 0. The molecule has 0 fully saturated rings. The molecule has 0 saturated heterocycles. The Hall–Kier alpha value is -1.34. The Kier molecular flexibility index (Phi) is 2.03. The predicted molar refractivity (Wildman–Crippen MR) is 56.6 cm³/mol. The molecule has 0 bridgehead atoms. The molecule has 0 heterocycles. The average molecular weight is 171 g/mol. The summed E-state index contributed by atoms with van der Waals surface area (Å²) in [5, 5.41) is 2.59. The lowest BCUT2D eigenvalue weighted by Gasteiger charge is -2.05. The van der Waals surface area contributed by atoms with Crippen LogP contribution in [-0.4, -0.2) is 0 Å². The van der Waals surface area contributed by atoms with E-state index in [0.717, 1.165) is 0 Å². The van der Waals surface area contributed by atoms with E-state index >= 15 is 0 Å². The molecular weight excluding hydrogens is 158 g/mol. The second-order valence-corrected chi connectivity index (χ2v) is 3.29. The molecule has 2 N–H and O–H groups in total. The van der Waals surface area contributed by atoms with Gasteiger partial charge in [-0.15, -0.1) is 0 Å². The van der Waals surface area contributed by atoms with Crippen molar-refractivity contribution >= 4 is 10.8 Å². The van der Waals surface area contributed by atoms with Crippen LogP contribution >= 0.6 is 0 Å². The second kappa shape index (κ2) is 3.19. The zero-order chi connectivity index (χ0) is 9.26. The largest absolute Gasteiger partial charge is 0.326 e. The van der Waals surface area contributed by atoms with Crippen LogP contribution in [0.4, 0.5) is 0 Å². The van der Waals surface area contributed by atoms with E-state index in [0.29, 0.717) is 6.54 Å². The highest BCUT2D eigenvalue weighted by Crippen LogP contribution is 2.21. The monoisotopic (exact) mass is 171 g/mol. The van der Waals surface area contributed by atoms with Crippen molar-refractivity contribution in [3.63, 3.8) is 0 Å². The molecule has 0 aliphatic heterocycles. The van der Waals surface area contributed by atoms with Gasteiger partial charge in [-0.1, -0.05) is 36.4 Å². The minimum atomic E-state index is 0.612. The van der Waals surface area contributed by atoms with E-state index in [1.54, 1.807) is 0 Å². The Balaban J connectivity index is 2.84. The first kappa shape index (κ1) is 8.27. The first-order chi connectivity index (χ1) is 6.33. The molecule has 2 aromatic carbocycles. The standard InChI is InChI=1S/C12H13N/c1-9-4-2-7-12-10(8-13)5-3-6-11(9)12/h2-7H,8,13H2,1H3. The van der Waals surface area contributed by atoms with Crippen LogP contribution in [0.3, 0.4) is 0 Å². The van der Waals surface area contributed by atoms with E-state index in [-0.39, 0.29) is 0 Å². The fourth-order valence-electron chi connectivity index (χ4n) is 1.71. The lowest BCUT2D eigenvalue weighted by molar-refractivity contribution is 1.09. The Morgan fingerprint density at radius 1 is 1.00 bits per heavy atom. The van der Waals surface area contributed by atoms with Crippen LogP contribution in [0, 0.1) is 6.92 Å². The average Bonchev–Trinajstić information content (AvgIpc) is 2.18. The van der Waals surface area contributed by atoms with Crippen LogP contribution in [0.5, 0.6) is 0 Å². The smallest absolute Gasteiger partial charge is 0.0184 e. The van der Waals surface area contributed by atoms with Crippen LogP contribution in [0.2, 0.25) is 0 Å². The van der Waals surface area contributed by atoms with Gasteiger partial charge in [0.15, 0.2) is 0 Å². The van der Waals surface area contributed by atoms with Crippen molar-refractivity contribution in [2.75, 3.05) is 0 Å². The molecule has 1 nitrogen and oxygen atoms in total. The van der Waals surface area contributed by atoms with E-state index in [4.69, 9.17) is 5.73 Å². The Morgan fingerprint density at radius 3 is 2.46 bits per heavy atom. The van der Waals surface area contributed by atoms with Crippen LogP contribution < -0.4 is 5.73 Å². The summed E-state index contributed by atoms with van der Waals surface area (Å²) < 4.78 is 0. The van der Waals surface area contributed by atoms with Gasteiger partial charge in [-0.3, -0.25) is 0 Å². The molecule has 2 aromatic rings. The predicted octanol–water partition coefficient (Wildman–Crippen LogP) is 2.61. The fraction of sp³-hybridized carbons (Fsp3) is 0.167. The molecule has 13 heavy (non-hydrogen) atoms. The Bertz CT molecular complexity index is 432. The van der Waals surface area contributed by atoms with Crippen LogP contribution in [-0.2, 0) is 6.54 Å². The molecule has 0 aliphatic carbocycles. The molecule has 66 valence electrons. The summed E-state index contributed by atoms with van der Waals surface area (Å²) in [5.41, 5.74) is 8.20. The van der Waals surface area contributed by atoms with E-state index in [1.807, 2.05) is 0 Å². The molecule has 0 aromatic heterocycles. The third kappa shape index (κ3) is 1.31. The normalized spacial score (nSPS) is 10.6. The van der Waals surface area contributed by atoms with Crippen LogP contribution in [0.1, 0.15) is 11.1 Å². The third-order valence-electron chi connectivity index (χ3n) is 2.45. The zero-order valence-corrected chi connectivity index (χ0v) is 7.75. The summed E-state index contributed by atoms with van der Waals surface area (Å²) in [5.74, 6) is 0. The number of hydrogen-bond acceptors (Lipinski definition) is 1. The van der Waals surface area contributed by atoms with Gasteiger partial charge >= 0.3 is 0 Å². The van der Waals surface area contributed by atoms with E-state index in [1.165, 1.54) is 21.9 Å². The van der Waals surface area contributed by atoms with Gasteiger partial charge in [0.25, 0.3) is 0 Å². The molecule has 0 atom stereocenters. The first-order valence-corrected chi connectivity index (χ1v) is 4.50. The second-order valence-electron chi connectivity index (χ2n) is 3.29. The molecule has 1 heteroatoms. The van der Waals surface area contributed by atoms with Gasteiger partial charge in [0.05, 0.1) is 0 Å². The maximum Gasteiger partial charge on any atom is 0.0184 e. The molecule has 0 radical (unpaired) electrons. The minimum absolute atomic E-state index is 0.612. The van der Waals surface area contributed by atoms with Gasteiger partial charge in [-0.05, 0) is 28.8 Å². The highest BCUT2D eigenvalue weighted by molar-refractivity contribution is 5.88. The number of nitrogens with two attached hydrogens (primary N) is 1. The lowest BCUT2D eigenvalue weighted by Crippen LogP contribution is -1.97. The Morgan fingerprint density at radius 2 is 1.69 bits per heavy atom. The highest BCUT2D eigenvalue weighted by atomic mass is 14.5. The van der Waals surface area contributed by atoms with Crippen molar-refractivity contribution in [3.8, 4) is 0 Å². The number of hydrogen-bond donors (Lipinski definition) is 1. The first-order valence-electron chi connectivity index (χ1n) is 4.50. The number of aryl methyl sites for hydroxylation is 1. The maximum absolute atomic E-state index is 5.67. The summed E-state index contributed by atoms with van der Waals surface area (Å²) in [6.07, 6.45) is 0. The number of benzene rings is 2. The number of fused-ring (bicyclic) bond motifs is 1. The molecule has 0 saturated carbocycles. The zero-order valence-electron chi connectivity index (χ0n) is 7.75. The van der Waals surface area contributed by atoms with E-state index in [2.05, 4.69) is 43.3 Å². The van der Waals surface area contributed by atoms with Crippen molar-refractivity contribution in [1.82, 2.24) is 0 Å². The topological polar surface area (TPSA) is 26.0 Å². The molecule has 0 aliphatic rings. The summed E-state index contributed by atoms with van der Waals surface area (Å²) in [6.45, 7) is 2.74. The molecular formula is C12H13N. The van der Waals surface area contributed by atoms with Gasteiger partial charge in [0, 0.05) is 6.54 Å². The van der Waals surface area contributed by atoms with Crippen molar-refractivity contribution < 1.29 is 0 Å². The van der Waals surface area contributed by atoms with Crippen LogP contribution in [0.15, 0.2) is 36.4 Å². The van der Waals surface area contributed by atoms with E-state index in [9.17, 15) is 0 Å². The van der Waals surface area contributed by atoms with Crippen molar-refractivity contribution in [2.45, 2.75) is 13.5 Å². The summed E-state index contributed by atoms with van der Waals surface area (Å²) in [6, 6.07) is 12.6. The van der Waals surface area contributed by atoms with Crippen LogP contribution in [0.25, 0.3) is 10.8 Å². The molecule has 0 amide bonds. The SMILES string of the molecule is Cc1cccc2c(CN)cccc12. The van der Waals surface area contributed by atoms with Crippen molar-refractivity contribution in [3.05, 3.63) is 47.5 Å². The maximum atomic E-state index is 5.67. The van der Waals surface area contributed by atoms with Crippen molar-refractivity contribution in [2.24, 2.45) is 5.73 Å². The Labute approximate surface area is 78.2 Å². The summed E-state index contributed by atoms with van der Waals surface area (Å²) in [4.78, 5) is 0. The van der Waals surface area contributed by atoms with Gasteiger partial charge < -0.3 is 5.73 Å². The third-order valence-corrected chi connectivity index (χ3v) is 2.45. The molecule has 2 rings (SSSR count). The molecule has 0 unspecified atom stereocenters. The van der Waals surface area contributed by atoms with E-state index < -0.39 is 0 Å². The van der Waals surface area contributed by atoms with Crippen molar-refractivity contribution in [1.29, 1.82) is 0 Å². The lowest BCUT2D eigenvalue weighted by atomic mass is 10.0. The van der Waals surface area contributed by atoms with Gasteiger partial charge in [0.1, 0.15) is 0 Å². The highest BCUT2D eigenvalue weighted by Gasteiger charge is 1.99. The van der Waals surface area contributed by atoms with Gasteiger partial charge in [0.2, 0.25) is 0 Å². The number of rotatable bonds is 1. The molecule has 0 spiro atoms. The van der Waals surface area contributed by atoms with Gasteiger partial charge in [-0.25, -0.2) is 0 Å². The summed E-state index contributed by atoms with van der Waals surface area (Å²) in [7, 11) is 0.